The average molecular weight is 568 g/mol. The number of anilines is 3. The van der Waals surface area contributed by atoms with Crippen LogP contribution in [-0.2, 0) is 16.6 Å². The van der Waals surface area contributed by atoms with E-state index in [2.05, 4.69) is 38.6 Å². The van der Waals surface area contributed by atoms with Crippen molar-refractivity contribution in [3.63, 3.8) is 0 Å². The fourth-order valence-electron chi connectivity index (χ4n) is 5.76. The molecular formula is C32H37N7O3. The van der Waals surface area contributed by atoms with Crippen molar-refractivity contribution in [3.8, 4) is 11.1 Å². The van der Waals surface area contributed by atoms with Gasteiger partial charge in [0.05, 0.1) is 11.9 Å². The van der Waals surface area contributed by atoms with Gasteiger partial charge in [-0.2, -0.15) is 5.10 Å². The fraction of sp³-hybridized carbons (Fsp3) is 0.406. The first-order valence-corrected chi connectivity index (χ1v) is 14.5. The Morgan fingerprint density at radius 1 is 1.05 bits per heavy atom. The molecule has 3 aromatic heterocycles. The van der Waals surface area contributed by atoms with Crippen LogP contribution in [0, 0.1) is 12.8 Å². The molecule has 4 heterocycles. The molecular weight excluding hydrogens is 530 g/mol. The van der Waals surface area contributed by atoms with E-state index in [1.54, 1.807) is 10.9 Å². The lowest BCUT2D eigenvalue weighted by atomic mass is 9.97. The number of nitrogens with zero attached hydrogens (tertiary/aromatic N) is 5. The van der Waals surface area contributed by atoms with Crippen molar-refractivity contribution in [1.82, 2.24) is 19.7 Å². The molecule has 2 atom stereocenters. The third-order valence-corrected chi connectivity index (χ3v) is 7.84. The van der Waals surface area contributed by atoms with Gasteiger partial charge in [-0.15, -0.1) is 0 Å². The van der Waals surface area contributed by atoms with E-state index >= 15 is 0 Å². The maximum Gasteiger partial charge on any atom is 0.412 e. The molecule has 0 radical (unpaired) electrons. The normalized spacial score (nSPS) is 18.3. The summed E-state index contributed by atoms with van der Waals surface area (Å²) in [5.74, 6) is 1.41. The van der Waals surface area contributed by atoms with Crippen molar-refractivity contribution in [2.75, 3.05) is 28.6 Å². The molecule has 1 aromatic carbocycles. The van der Waals surface area contributed by atoms with E-state index in [1.165, 1.54) is 0 Å². The molecule has 2 aliphatic rings. The van der Waals surface area contributed by atoms with Gasteiger partial charge in [-0.1, -0.05) is 0 Å². The van der Waals surface area contributed by atoms with Crippen LogP contribution in [0.15, 0.2) is 49.1 Å². The first-order chi connectivity index (χ1) is 20.1. The number of nitrogens with one attached hydrogen (secondary N) is 2. The maximum atomic E-state index is 13.1. The maximum absolute atomic E-state index is 13.1. The number of carbonyl (C=O) groups is 2. The van der Waals surface area contributed by atoms with Gasteiger partial charge in [-0.3, -0.25) is 14.8 Å². The molecule has 0 spiro atoms. The van der Waals surface area contributed by atoms with E-state index in [0.29, 0.717) is 11.5 Å². The summed E-state index contributed by atoms with van der Waals surface area (Å²) in [5, 5.41) is 11.8. The number of fused-ring (bicyclic) bond motifs is 1. The molecule has 42 heavy (non-hydrogen) atoms. The molecule has 1 saturated heterocycles. The first kappa shape index (κ1) is 27.7. The minimum Gasteiger partial charge on any atom is -0.444 e. The molecule has 2 N–H and O–H groups in total. The molecule has 0 bridgehead atoms. The number of hydrogen-bond acceptors (Lipinski definition) is 7. The molecule has 6 rings (SSSR count). The summed E-state index contributed by atoms with van der Waals surface area (Å²) < 4.78 is 7.33. The van der Waals surface area contributed by atoms with Gasteiger partial charge >= 0.3 is 6.09 Å². The van der Waals surface area contributed by atoms with Crippen LogP contribution in [0.3, 0.4) is 0 Å². The van der Waals surface area contributed by atoms with Gasteiger partial charge in [0.2, 0.25) is 5.91 Å². The number of carbonyl (C=O) groups excluding carboxylic acids is 2. The number of ether oxygens (including phenoxy) is 1. The molecule has 2 fully saturated rings. The third kappa shape index (κ3) is 5.79. The Morgan fingerprint density at radius 2 is 1.83 bits per heavy atom. The Balaban J connectivity index is 1.36. The monoisotopic (exact) mass is 567 g/mol. The van der Waals surface area contributed by atoms with Crippen molar-refractivity contribution in [1.29, 1.82) is 0 Å². The average Bonchev–Trinajstić information content (AvgIpc) is 3.30. The number of benzene rings is 1. The van der Waals surface area contributed by atoms with Crippen LogP contribution in [0.1, 0.15) is 57.1 Å². The Labute approximate surface area is 245 Å². The molecule has 2 amide bonds. The zero-order valence-corrected chi connectivity index (χ0v) is 24.8. The van der Waals surface area contributed by atoms with E-state index in [4.69, 9.17) is 9.72 Å². The molecule has 1 aliphatic carbocycles. The zero-order valence-electron chi connectivity index (χ0n) is 24.8. The van der Waals surface area contributed by atoms with E-state index in [-0.39, 0.29) is 17.7 Å². The van der Waals surface area contributed by atoms with Gasteiger partial charge in [-0.05, 0) is 99.2 Å². The molecule has 10 heteroatoms. The van der Waals surface area contributed by atoms with Crippen LogP contribution in [0.4, 0.5) is 22.1 Å². The van der Waals surface area contributed by atoms with Crippen LogP contribution in [-0.4, -0.2) is 50.4 Å². The first-order valence-electron chi connectivity index (χ1n) is 14.5. The smallest absolute Gasteiger partial charge is 0.412 e. The van der Waals surface area contributed by atoms with E-state index in [0.717, 1.165) is 71.2 Å². The van der Waals surface area contributed by atoms with Crippen LogP contribution < -0.4 is 15.5 Å². The summed E-state index contributed by atoms with van der Waals surface area (Å²) >= 11 is 0. The highest BCUT2D eigenvalue weighted by molar-refractivity contribution is 6.05. The van der Waals surface area contributed by atoms with Crippen LogP contribution >= 0.6 is 0 Å². The van der Waals surface area contributed by atoms with E-state index in [9.17, 15) is 9.59 Å². The van der Waals surface area contributed by atoms with E-state index in [1.807, 2.05) is 64.6 Å². The van der Waals surface area contributed by atoms with Crippen LogP contribution in [0.25, 0.3) is 21.9 Å². The number of amides is 2. The molecule has 0 unspecified atom stereocenters. The number of hydrogen-bond donors (Lipinski definition) is 2. The Morgan fingerprint density at radius 3 is 2.55 bits per heavy atom. The lowest BCUT2D eigenvalue weighted by Crippen LogP contribution is -2.27. The predicted molar refractivity (Wildman–Crippen MR) is 164 cm³/mol. The van der Waals surface area contributed by atoms with Crippen LogP contribution in [0.5, 0.6) is 0 Å². The highest BCUT2D eigenvalue weighted by Crippen LogP contribution is 2.48. The number of aromatic nitrogens is 4. The third-order valence-electron chi connectivity index (χ3n) is 7.84. The van der Waals surface area contributed by atoms with Crippen molar-refractivity contribution >= 4 is 40.1 Å². The Kier molecular flexibility index (Phi) is 7.08. The highest BCUT2D eigenvalue weighted by Gasteiger charge is 2.44. The van der Waals surface area contributed by atoms with Gasteiger partial charge in [0.25, 0.3) is 0 Å². The second kappa shape index (κ2) is 10.7. The second-order valence-corrected chi connectivity index (χ2v) is 12.3. The minimum absolute atomic E-state index is 0.0571. The summed E-state index contributed by atoms with van der Waals surface area (Å²) in [5.41, 5.74) is 4.04. The summed E-state index contributed by atoms with van der Waals surface area (Å²) in [6.45, 7) is 9.49. The summed E-state index contributed by atoms with van der Waals surface area (Å²) in [4.78, 5) is 37.6. The SMILES string of the molecule is Cc1ccnc(N2CCCC2)c1-c1cc(NC(=O)OC(C)(C)C)c2cnc(NC(=O)[C@H]3C[C@@H]3c3cnn(C)c3)cc2c1. The largest absolute Gasteiger partial charge is 0.444 e. The van der Waals surface area contributed by atoms with Crippen molar-refractivity contribution in [2.45, 2.75) is 58.5 Å². The quantitative estimate of drug-likeness (QED) is 0.292. The molecule has 4 aromatic rings. The molecule has 1 aliphatic heterocycles. The fourth-order valence-corrected chi connectivity index (χ4v) is 5.76. The molecule has 1 saturated carbocycles. The van der Waals surface area contributed by atoms with Gasteiger partial charge in [0, 0.05) is 55.6 Å². The minimum atomic E-state index is -0.646. The standard InChI is InChI=1S/C32H37N7O3/c1-19-8-9-33-29(39-10-6-7-11-39)28(19)21-12-20-14-27(37-30(40)24-15-23(24)22-16-35-38(5)18-22)34-17-25(20)26(13-21)36-31(41)42-32(2,3)4/h8-9,12-14,16-18,23-24H,6-7,10-11,15H2,1-5H3,(H,36,41)(H,34,37,40)/t23-,24+/m1/s1. The predicted octanol–water partition coefficient (Wildman–Crippen LogP) is 6.03. The summed E-state index contributed by atoms with van der Waals surface area (Å²) in [6.07, 6.45) is 9.83. The topological polar surface area (TPSA) is 114 Å². The van der Waals surface area contributed by atoms with Gasteiger partial charge in [0.15, 0.2) is 0 Å². The van der Waals surface area contributed by atoms with Crippen molar-refractivity contribution < 1.29 is 14.3 Å². The highest BCUT2D eigenvalue weighted by atomic mass is 16.6. The summed E-state index contributed by atoms with van der Waals surface area (Å²) in [6, 6.07) is 7.90. The van der Waals surface area contributed by atoms with Gasteiger partial charge in [0.1, 0.15) is 17.2 Å². The second-order valence-electron chi connectivity index (χ2n) is 12.3. The summed E-state index contributed by atoms with van der Waals surface area (Å²) in [7, 11) is 1.88. The lowest BCUT2D eigenvalue weighted by Gasteiger charge is -2.23. The number of rotatable bonds is 6. The van der Waals surface area contributed by atoms with Crippen molar-refractivity contribution in [3.05, 3.63) is 60.2 Å². The van der Waals surface area contributed by atoms with Gasteiger partial charge in [-0.25, -0.2) is 14.8 Å². The molecule has 10 nitrogen and oxygen atoms in total. The number of pyridine rings is 2. The van der Waals surface area contributed by atoms with Crippen LogP contribution in [0.2, 0.25) is 0 Å². The van der Waals surface area contributed by atoms with E-state index < -0.39 is 11.7 Å². The van der Waals surface area contributed by atoms with Gasteiger partial charge < -0.3 is 15.0 Å². The lowest BCUT2D eigenvalue weighted by molar-refractivity contribution is -0.117. The number of aryl methyl sites for hydroxylation is 2. The Hall–Kier alpha value is -4.47. The zero-order chi connectivity index (χ0) is 29.6. The molecule has 218 valence electrons. The Bertz CT molecular complexity index is 1670. The van der Waals surface area contributed by atoms with Crippen molar-refractivity contribution in [2.24, 2.45) is 13.0 Å².